The van der Waals surface area contributed by atoms with Gasteiger partial charge in [-0.15, -0.1) is 0 Å². The number of aromatic nitrogens is 2. The molecule has 27 heavy (non-hydrogen) atoms. The third-order valence-corrected chi connectivity index (χ3v) is 3.75. The molecule has 0 aliphatic rings. The van der Waals surface area contributed by atoms with Crippen molar-refractivity contribution in [3.8, 4) is 22.6 Å². The third kappa shape index (κ3) is 4.81. The van der Waals surface area contributed by atoms with Crippen molar-refractivity contribution in [3.63, 3.8) is 0 Å². The summed E-state index contributed by atoms with van der Waals surface area (Å²) in [6, 6.07) is 13.1. The van der Waals surface area contributed by atoms with Gasteiger partial charge in [-0.05, 0) is 42.0 Å². The molecule has 0 spiro atoms. The molecule has 0 unspecified atom stereocenters. The van der Waals surface area contributed by atoms with Crippen molar-refractivity contribution in [2.45, 2.75) is 13.2 Å². The Hall–Kier alpha value is -3.42. The molecular weight excluding hydrogens is 356 g/mol. The monoisotopic (exact) mass is 373 g/mol. The highest BCUT2D eigenvalue weighted by molar-refractivity contribution is 5.91. The van der Waals surface area contributed by atoms with Gasteiger partial charge in [0.1, 0.15) is 18.0 Å². The lowest BCUT2D eigenvalue weighted by molar-refractivity contribution is -0.116. The van der Waals surface area contributed by atoms with Crippen LogP contribution < -0.4 is 14.8 Å². The number of anilines is 1. The highest BCUT2D eigenvalue weighted by atomic mass is 19.3. The van der Waals surface area contributed by atoms with E-state index in [0.717, 1.165) is 0 Å². The summed E-state index contributed by atoms with van der Waals surface area (Å²) < 4.78 is 36.7. The Labute approximate surface area is 154 Å². The van der Waals surface area contributed by atoms with E-state index in [1.807, 2.05) is 0 Å². The summed E-state index contributed by atoms with van der Waals surface area (Å²) in [6.07, 6.45) is 3.24. The minimum absolute atomic E-state index is 0.0141. The van der Waals surface area contributed by atoms with Crippen molar-refractivity contribution in [1.29, 1.82) is 0 Å². The largest absolute Gasteiger partial charge is 0.497 e. The highest BCUT2D eigenvalue weighted by Gasteiger charge is 2.14. The second-order valence-corrected chi connectivity index (χ2v) is 5.57. The fourth-order valence-electron chi connectivity index (χ4n) is 2.54. The molecule has 0 aliphatic heterocycles. The van der Waals surface area contributed by atoms with E-state index in [2.05, 4.69) is 15.2 Å². The van der Waals surface area contributed by atoms with Crippen LogP contribution in [-0.2, 0) is 11.3 Å². The number of carbonyl (C=O) groups is 1. The van der Waals surface area contributed by atoms with Crippen LogP contribution in [0.5, 0.6) is 11.5 Å². The molecule has 3 aromatic rings. The van der Waals surface area contributed by atoms with Gasteiger partial charge in [0.25, 0.3) is 0 Å². The van der Waals surface area contributed by atoms with Gasteiger partial charge in [-0.2, -0.15) is 13.9 Å². The summed E-state index contributed by atoms with van der Waals surface area (Å²) in [5, 5.41) is 6.69. The number of alkyl halides is 2. The summed E-state index contributed by atoms with van der Waals surface area (Å²) in [5.74, 6) is 0.362. The van der Waals surface area contributed by atoms with Crippen LogP contribution >= 0.6 is 0 Å². The van der Waals surface area contributed by atoms with Gasteiger partial charge in [0, 0.05) is 23.6 Å². The van der Waals surface area contributed by atoms with Gasteiger partial charge < -0.3 is 14.8 Å². The van der Waals surface area contributed by atoms with Gasteiger partial charge in [-0.25, -0.2) is 0 Å². The predicted octanol–water partition coefficient (Wildman–Crippen LogP) is 3.80. The fraction of sp³-hybridized carbons (Fsp3) is 0.158. The van der Waals surface area contributed by atoms with Crippen LogP contribution in [0.2, 0.25) is 0 Å². The predicted molar refractivity (Wildman–Crippen MR) is 95.9 cm³/mol. The molecular formula is C19H17F2N3O3. The smallest absolute Gasteiger partial charge is 0.387 e. The average Bonchev–Trinajstić information content (AvgIpc) is 3.15. The lowest BCUT2D eigenvalue weighted by atomic mass is 10.0. The SMILES string of the molecule is COc1ccc(-c2cc(NC(=O)Cn3cccn3)ccc2OC(F)F)cc1. The number of nitrogens with one attached hydrogen (secondary N) is 1. The molecule has 0 saturated carbocycles. The Morgan fingerprint density at radius 3 is 2.63 bits per heavy atom. The van der Waals surface area contributed by atoms with Crippen LogP contribution in [0.1, 0.15) is 0 Å². The molecule has 0 atom stereocenters. The highest BCUT2D eigenvalue weighted by Crippen LogP contribution is 2.34. The number of hydrogen-bond acceptors (Lipinski definition) is 4. The molecule has 3 rings (SSSR count). The van der Waals surface area contributed by atoms with Crippen LogP contribution in [0.4, 0.5) is 14.5 Å². The molecule has 8 heteroatoms. The molecule has 0 bridgehead atoms. The van der Waals surface area contributed by atoms with Crippen molar-refractivity contribution >= 4 is 11.6 Å². The van der Waals surface area contributed by atoms with E-state index < -0.39 is 6.61 Å². The number of hydrogen-bond donors (Lipinski definition) is 1. The van der Waals surface area contributed by atoms with E-state index in [1.54, 1.807) is 48.8 Å². The molecule has 0 fully saturated rings. The Morgan fingerprint density at radius 1 is 1.22 bits per heavy atom. The lowest BCUT2D eigenvalue weighted by Crippen LogP contribution is -2.19. The summed E-state index contributed by atoms with van der Waals surface area (Å²) in [6.45, 7) is -2.91. The van der Waals surface area contributed by atoms with E-state index in [4.69, 9.17) is 4.74 Å². The number of nitrogens with zero attached hydrogens (tertiary/aromatic N) is 2. The quantitative estimate of drug-likeness (QED) is 0.684. The summed E-state index contributed by atoms with van der Waals surface area (Å²) in [7, 11) is 1.54. The van der Waals surface area contributed by atoms with Gasteiger partial charge in [0.15, 0.2) is 0 Å². The molecule has 1 heterocycles. The van der Waals surface area contributed by atoms with Gasteiger partial charge in [0.2, 0.25) is 5.91 Å². The Morgan fingerprint density at radius 2 is 2.00 bits per heavy atom. The number of ether oxygens (including phenoxy) is 2. The molecule has 2 aromatic carbocycles. The maximum atomic E-state index is 12.7. The fourth-order valence-corrected chi connectivity index (χ4v) is 2.54. The van der Waals surface area contributed by atoms with E-state index >= 15 is 0 Å². The molecule has 1 aromatic heterocycles. The van der Waals surface area contributed by atoms with Crippen LogP contribution in [0.15, 0.2) is 60.9 Å². The van der Waals surface area contributed by atoms with Gasteiger partial charge >= 0.3 is 6.61 Å². The lowest BCUT2D eigenvalue weighted by Gasteiger charge is -2.14. The van der Waals surface area contributed by atoms with Gasteiger partial charge in [0.05, 0.1) is 7.11 Å². The Kier molecular flexibility index (Phi) is 5.65. The van der Waals surface area contributed by atoms with Crippen molar-refractivity contribution < 1.29 is 23.0 Å². The molecule has 6 nitrogen and oxygen atoms in total. The Bertz CT molecular complexity index is 897. The van der Waals surface area contributed by atoms with Gasteiger partial charge in [-0.3, -0.25) is 9.48 Å². The van der Waals surface area contributed by atoms with Crippen molar-refractivity contribution in [2.75, 3.05) is 12.4 Å². The summed E-state index contributed by atoms with van der Waals surface area (Å²) in [4.78, 5) is 12.1. The molecule has 1 N–H and O–H groups in total. The van der Waals surface area contributed by atoms with Crippen LogP contribution in [0.3, 0.4) is 0 Å². The molecule has 140 valence electrons. The average molecular weight is 373 g/mol. The van der Waals surface area contributed by atoms with Crippen LogP contribution in [0, 0.1) is 0 Å². The first kappa shape index (κ1) is 18.4. The normalized spacial score (nSPS) is 10.7. The molecule has 1 amide bonds. The number of benzene rings is 2. The third-order valence-electron chi connectivity index (χ3n) is 3.75. The Balaban J connectivity index is 1.86. The molecule has 0 aliphatic carbocycles. The number of carbonyl (C=O) groups excluding carboxylic acids is 1. The van der Waals surface area contributed by atoms with Crippen molar-refractivity contribution in [3.05, 3.63) is 60.9 Å². The van der Waals surface area contributed by atoms with E-state index in [9.17, 15) is 13.6 Å². The zero-order valence-corrected chi connectivity index (χ0v) is 14.4. The van der Waals surface area contributed by atoms with Crippen molar-refractivity contribution in [2.24, 2.45) is 0 Å². The first-order chi connectivity index (χ1) is 13.0. The first-order valence-corrected chi connectivity index (χ1v) is 8.06. The minimum atomic E-state index is -2.96. The number of amides is 1. The van der Waals surface area contributed by atoms with Gasteiger partial charge in [-0.1, -0.05) is 12.1 Å². The summed E-state index contributed by atoms with van der Waals surface area (Å²) in [5.41, 5.74) is 1.53. The van der Waals surface area contributed by atoms with E-state index in [1.165, 1.54) is 23.9 Å². The first-order valence-electron chi connectivity index (χ1n) is 8.06. The number of methoxy groups -OCH3 is 1. The van der Waals surface area contributed by atoms with E-state index in [0.29, 0.717) is 22.6 Å². The number of rotatable bonds is 7. The van der Waals surface area contributed by atoms with Crippen LogP contribution in [-0.4, -0.2) is 29.4 Å². The second-order valence-electron chi connectivity index (χ2n) is 5.57. The second kappa shape index (κ2) is 8.31. The van der Waals surface area contributed by atoms with Crippen molar-refractivity contribution in [1.82, 2.24) is 9.78 Å². The molecule has 0 saturated heterocycles. The summed E-state index contributed by atoms with van der Waals surface area (Å²) >= 11 is 0. The molecule has 0 radical (unpaired) electrons. The zero-order chi connectivity index (χ0) is 19.2. The van der Waals surface area contributed by atoms with E-state index in [-0.39, 0.29) is 18.2 Å². The maximum Gasteiger partial charge on any atom is 0.387 e. The minimum Gasteiger partial charge on any atom is -0.497 e. The van der Waals surface area contributed by atoms with Crippen LogP contribution in [0.25, 0.3) is 11.1 Å². The zero-order valence-electron chi connectivity index (χ0n) is 14.4. The standard InChI is InChI=1S/C19H17F2N3O3/c1-26-15-6-3-13(4-7-15)16-11-14(5-8-17(16)27-19(20)21)23-18(25)12-24-10-2-9-22-24/h2-11,19H,12H2,1H3,(H,23,25). The number of halogens is 2. The maximum absolute atomic E-state index is 12.7. The topological polar surface area (TPSA) is 65.4 Å².